The van der Waals surface area contributed by atoms with Gasteiger partial charge in [-0.2, -0.15) is 5.10 Å². The number of carbonyl (C=O) groups is 2. The van der Waals surface area contributed by atoms with Crippen molar-refractivity contribution in [1.82, 2.24) is 24.2 Å². The normalized spacial score (nSPS) is 14.7. The Hall–Kier alpha value is -3.99. The highest BCUT2D eigenvalue weighted by Crippen LogP contribution is 2.29. The Morgan fingerprint density at radius 2 is 1.87 bits per heavy atom. The lowest BCUT2D eigenvalue weighted by molar-refractivity contribution is 0.0184. The number of carboxylic acids is 1. The highest BCUT2D eigenvalue weighted by molar-refractivity contribution is 7.16. The summed E-state index contributed by atoms with van der Waals surface area (Å²) in [6.07, 6.45) is 6.47. The molecule has 1 N–H and O–H groups in total. The molecule has 38 heavy (non-hydrogen) atoms. The van der Waals surface area contributed by atoms with Crippen molar-refractivity contribution >= 4 is 33.6 Å². The van der Waals surface area contributed by atoms with Crippen LogP contribution in [0.2, 0.25) is 0 Å². The summed E-state index contributed by atoms with van der Waals surface area (Å²) in [5.74, 6) is -1.04. The fourth-order valence-electron chi connectivity index (χ4n) is 4.53. The van der Waals surface area contributed by atoms with Gasteiger partial charge in [-0.05, 0) is 63.4 Å². The summed E-state index contributed by atoms with van der Waals surface area (Å²) in [6.45, 7) is 7.11. The number of nitrogens with zero attached hydrogens (tertiary/aromatic N) is 5. The molecule has 0 atom stereocenters. The second kappa shape index (κ2) is 10.1. The number of rotatable bonds is 5. The summed E-state index contributed by atoms with van der Waals surface area (Å²) in [4.78, 5) is 42.0. The Labute approximate surface area is 223 Å². The minimum atomic E-state index is -1.04. The van der Waals surface area contributed by atoms with Gasteiger partial charge < -0.3 is 14.7 Å². The number of likely N-dealkylation sites (tertiary alicyclic amines) is 1. The molecule has 0 saturated carbocycles. The summed E-state index contributed by atoms with van der Waals surface area (Å²) in [7, 11) is 0. The minimum Gasteiger partial charge on any atom is -0.478 e. The molecule has 3 aromatic heterocycles. The molecule has 1 aliphatic heterocycles. The van der Waals surface area contributed by atoms with Crippen LogP contribution in [0.1, 0.15) is 55.7 Å². The smallest absolute Gasteiger partial charge is 0.410 e. The molecule has 1 amide bonds. The topological polar surface area (TPSA) is 120 Å². The van der Waals surface area contributed by atoms with Crippen LogP contribution in [0.3, 0.4) is 0 Å². The molecule has 1 aromatic carbocycles. The van der Waals surface area contributed by atoms with E-state index in [0.29, 0.717) is 18.8 Å². The van der Waals surface area contributed by atoms with E-state index in [9.17, 15) is 14.4 Å². The average Bonchev–Trinajstić information content (AvgIpc) is 3.48. The monoisotopic (exact) mass is 535 g/mol. The first-order valence-electron chi connectivity index (χ1n) is 12.4. The van der Waals surface area contributed by atoms with E-state index in [1.807, 2.05) is 56.0 Å². The van der Waals surface area contributed by atoms with Gasteiger partial charge in [0.2, 0.25) is 0 Å². The predicted molar refractivity (Wildman–Crippen MR) is 144 cm³/mol. The van der Waals surface area contributed by atoms with Crippen LogP contribution in [0.25, 0.3) is 21.3 Å². The SMILES string of the molecule is CC(C)(C)OC(=O)N1CCC(n2cc(-c3ccc4c(c3)sc(=O)n4Cc3ccc(C(=O)O)cn3)cn2)CC1. The molecule has 10 nitrogen and oxygen atoms in total. The van der Waals surface area contributed by atoms with Crippen molar-refractivity contribution in [1.29, 1.82) is 0 Å². The number of thiazole rings is 1. The lowest BCUT2D eigenvalue weighted by Gasteiger charge is -2.33. The van der Waals surface area contributed by atoms with E-state index >= 15 is 0 Å². The van der Waals surface area contributed by atoms with Crippen LogP contribution in [0.4, 0.5) is 4.79 Å². The average molecular weight is 536 g/mol. The van der Waals surface area contributed by atoms with Gasteiger partial charge in [0.25, 0.3) is 0 Å². The quantitative estimate of drug-likeness (QED) is 0.395. The summed E-state index contributed by atoms with van der Waals surface area (Å²) >= 11 is 1.17. The predicted octanol–water partition coefficient (Wildman–Crippen LogP) is 4.64. The second-order valence-electron chi connectivity index (χ2n) is 10.4. The van der Waals surface area contributed by atoms with Crippen molar-refractivity contribution in [3.8, 4) is 11.1 Å². The van der Waals surface area contributed by atoms with E-state index < -0.39 is 11.6 Å². The molecule has 4 aromatic rings. The van der Waals surface area contributed by atoms with Gasteiger partial charge in [-0.25, -0.2) is 9.59 Å². The van der Waals surface area contributed by atoms with Crippen LogP contribution in [0.5, 0.6) is 0 Å². The number of benzene rings is 1. The van der Waals surface area contributed by atoms with Gasteiger partial charge in [0.1, 0.15) is 5.60 Å². The number of carboxylic acid groups (broad SMARTS) is 1. The number of hydrogen-bond acceptors (Lipinski definition) is 7. The number of ether oxygens (including phenoxy) is 1. The van der Waals surface area contributed by atoms with Gasteiger partial charge in [-0.3, -0.25) is 19.0 Å². The molecule has 0 spiro atoms. The molecular weight excluding hydrogens is 506 g/mol. The molecule has 4 heterocycles. The first kappa shape index (κ1) is 25.7. The minimum absolute atomic E-state index is 0.103. The number of fused-ring (bicyclic) bond motifs is 1. The highest BCUT2D eigenvalue weighted by atomic mass is 32.1. The molecule has 5 rings (SSSR count). The third kappa shape index (κ3) is 5.47. The van der Waals surface area contributed by atoms with Crippen LogP contribution in [0.15, 0.2) is 53.7 Å². The van der Waals surface area contributed by atoms with Crippen LogP contribution < -0.4 is 4.87 Å². The van der Waals surface area contributed by atoms with Gasteiger partial charge in [-0.15, -0.1) is 0 Å². The van der Waals surface area contributed by atoms with E-state index in [2.05, 4.69) is 10.1 Å². The second-order valence-corrected chi connectivity index (χ2v) is 11.4. The number of carbonyl (C=O) groups excluding carboxylic acids is 1. The molecule has 1 aliphatic rings. The Balaban J connectivity index is 1.28. The van der Waals surface area contributed by atoms with E-state index in [1.165, 1.54) is 23.6 Å². The van der Waals surface area contributed by atoms with Crippen LogP contribution in [0, 0.1) is 0 Å². The van der Waals surface area contributed by atoms with Gasteiger partial charge in [0.05, 0.1) is 40.3 Å². The van der Waals surface area contributed by atoms with Gasteiger partial charge in [0.15, 0.2) is 0 Å². The van der Waals surface area contributed by atoms with Crippen molar-refractivity contribution in [2.75, 3.05) is 13.1 Å². The largest absolute Gasteiger partial charge is 0.478 e. The third-order valence-electron chi connectivity index (χ3n) is 6.49. The van der Waals surface area contributed by atoms with E-state index in [4.69, 9.17) is 9.84 Å². The maximum absolute atomic E-state index is 12.7. The van der Waals surface area contributed by atoms with E-state index in [-0.39, 0.29) is 29.1 Å². The lowest BCUT2D eigenvalue weighted by Crippen LogP contribution is -2.42. The van der Waals surface area contributed by atoms with Crippen molar-refractivity contribution in [3.05, 3.63) is 69.8 Å². The van der Waals surface area contributed by atoms with Gasteiger partial charge in [-0.1, -0.05) is 17.4 Å². The third-order valence-corrected chi connectivity index (χ3v) is 7.43. The van der Waals surface area contributed by atoms with Gasteiger partial charge >= 0.3 is 16.9 Å². The number of aromatic carboxylic acids is 1. The Morgan fingerprint density at radius 3 is 2.53 bits per heavy atom. The van der Waals surface area contributed by atoms with Crippen LogP contribution in [-0.4, -0.2) is 60.1 Å². The van der Waals surface area contributed by atoms with Crippen LogP contribution in [-0.2, 0) is 11.3 Å². The maximum atomic E-state index is 12.7. The molecule has 0 unspecified atom stereocenters. The Morgan fingerprint density at radius 1 is 1.11 bits per heavy atom. The molecule has 1 fully saturated rings. The first-order valence-corrected chi connectivity index (χ1v) is 13.2. The molecule has 1 saturated heterocycles. The zero-order valence-corrected chi connectivity index (χ0v) is 22.3. The van der Waals surface area contributed by atoms with Crippen molar-refractivity contribution in [2.24, 2.45) is 0 Å². The van der Waals surface area contributed by atoms with Crippen molar-refractivity contribution in [3.63, 3.8) is 0 Å². The summed E-state index contributed by atoms with van der Waals surface area (Å²) in [6, 6.07) is 9.19. The Kier molecular flexibility index (Phi) is 6.78. The number of hydrogen-bond donors (Lipinski definition) is 1. The molecule has 0 aliphatic carbocycles. The maximum Gasteiger partial charge on any atom is 0.410 e. The molecular formula is C27H29N5O5S. The van der Waals surface area contributed by atoms with Crippen LogP contribution >= 0.6 is 11.3 Å². The standard InChI is InChI=1S/C27H29N5O5S/c1-27(2,3)37-25(35)30-10-8-21(9-11-30)32-15-19(14-29-32)17-5-7-22-23(12-17)38-26(36)31(22)16-20-6-4-18(13-28-20)24(33)34/h4-7,12-15,21H,8-11,16H2,1-3H3,(H,33,34). The zero-order chi connectivity index (χ0) is 27.0. The number of aromatic nitrogens is 4. The molecule has 0 radical (unpaired) electrons. The molecule has 198 valence electrons. The van der Waals surface area contributed by atoms with Crippen molar-refractivity contribution in [2.45, 2.75) is 51.8 Å². The molecule has 0 bridgehead atoms. The lowest BCUT2D eigenvalue weighted by atomic mass is 10.1. The highest BCUT2D eigenvalue weighted by Gasteiger charge is 2.28. The summed E-state index contributed by atoms with van der Waals surface area (Å²) in [5.41, 5.74) is 2.93. The zero-order valence-electron chi connectivity index (χ0n) is 21.5. The van der Waals surface area contributed by atoms with E-state index in [0.717, 1.165) is 34.2 Å². The van der Waals surface area contributed by atoms with Gasteiger partial charge in [0, 0.05) is 31.0 Å². The number of pyridine rings is 1. The number of piperidine rings is 1. The Bertz CT molecular complexity index is 1540. The summed E-state index contributed by atoms with van der Waals surface area (Å²) < 4.78 is 9.95. The van der Waals surface area contributed by atoms with E-state index in [1.54, 1.807) is 15.5 Å². The molecule has 11 heteroatoms. The summed E-state index contributed by atoms with van der Waals surface area (Å²) in [5, 5.41) is 13.7. The number of amides is 1. The fraction of sp³-hybridized carbons (Fsp3) is 0.370. The first-order chi connectivity index (χ1) is 18.1. The fourth-order valence-corrected chi connectivity index (χ4v) is 5.46. The van der Waals surface area contributed by atoms with Crippen molar-refractivity contribution < 1.29 is 19.4 Å².